The van der Waals surface area contributed by atoms with Crippen molar-refractivity contribution < 1.29 is 14.3 Å². The smallest absolute Gasteiger partial charge is 0.315 e. The predicted octanol–water partition coefficient (Wildman–Crippen LogP) is 4.00. The molecule has 0 aromatic carbocycles. The Labute approximate surface area is 130 Å². The van der Waals surface area contributed by atoms with Crippen LogP contribution in [0.3, 0.4) is 0 Å². The number of aromatic nitrogens is 1. The lowest BCUT2D eigenvalue weighted by Crippen LogP contribution is -2.20. The van der Waals surface area contributed by atoms with Crippen LogP contribution in [0.1, 0.15) is 74.1 Å². The maximum absolute atomic E-state index is 12.1. The molecule has 0 saturated carbocycles. The van der Waals surface area contributed by atoms with E-state index < -0.39 is 0 Å². The molecule has 0 bridgehead atoms. The van der Waals surface area contributed by atoms with Crippen LogP contribution in [0.4, 0.5) is 0 Å². The number of carbonyl (C=O) groups is 1. The average molecular weight is 311 g/mol. The standard InChI is InChI=1S/C16H25NO3S/c1-4-8-12(19-5-2)15-17-14-11(16(18)20-6-3)9-7-10-13(14)21-15/h11-12H,4-10H2,1-3H3. The van der Waals surface area contributed by atoms with Crippen LogP contribution < -0.4 is 0 Å². The predicted molar refractivity (Wildman–Crippen MR) is 83.7 cm³/mol. The van der Waals surface area contributed by atoms with Crippen LogP contribution >= 0.6 is 11.3 Å². The minimum Gasteiger partial charge on any atom is -0.465 e. The second kappa shape index (κ2) is 7.90. The Hall–Kier alpha value is -0.940. The number of hydrogen-bond acceptors (Lipinski definition) is 5. The molecular weight excluding hydrogens is 286 g/mol. The molecule has 0 radical (unpaired) electrons. The zero-order valence-corrected chi connectivity index (χ0v) is 14.0. The lowest BCUT2D eigenvalue weighted by molar-refractivity contribution is -0.145. The van der Waals surface area contributed by atoms with E-state index in [1.165, 1.54) is 4.88 Å². The molecule has 1 heterocycles. The number of thiazole rings is 1. The lowest BCUT2D eigenvalue weighted by atomic mass is 9.91. The Morgan fingerprint density at radius 3 is 2.86 bits per heavy atom. The molecule has 4 nitrogen and oxygen atoms in total. The number of ether oxygens (including phenoxy) is 2. The number of aryl methyl sites for hydroxylation is 1. The third-order valence-electron chi connectivity index (χ3n) is 3.74. The van der Waals surface area contributed by atoms with Crippen molar-refractivity contribution in [3.63, 3.8) is 0 Å². The van der Waals surface area contributed by atoms with Crippen LogP contribution in [-0.4, -0.2) is 24.2 Å². The summed E-state index contributed by atoms with van der Waals surface area (Å²) < 4.78 is 11.0. The summed E-state index contributed by atoms with van der Waals surface area (Å²) in [6.07, 6.45) is 5.01. The molecule has 0 fully saturated rings. The van der Waals surface area contributed by atoms with Gasteiger partial charge in [0, 0.05) is 11.5 Å². The molecule has 0 spiro atoms. The van der Waals surface area contributed by atoms with Crippen LogP contribution in [-0.2, 0) is 20.7 Å². The molecule has 2 rings (SSSR count). The van der Waals surface area contributed by atoms with Gasteiger partial charge in [-0.25, -0.2) is 4.98 Å². The van der Waals surface area contributed by atoms with Gasteiger partial charge in [0.2, 0.25) is 0 Å². The van der Waals surface area contributed by atoms with Gasteiger partial charge < -0.3 is 9.47 Å². The third-order valence-corrected chi connectivity index (χ3v) is 4.96. The highest BCUT2D eigenvalue weighted by molar-refractivity contribution is 7.11. The van der Waals surface area contributed by atoms with E-state index in [1.807, 2.05) is 13.8 Å². The largest absolute Gasteiger partial charge is 0.465 e. The summed E-state index contributed by atoms with van der Waals surface area (Å²) in [5, 5.41) is 1.03. The zero-order valence-electron chi connectivity index (χ0n) is 13.2. The number of hydrogen-bond donors (Lipinski definition) is 0. The molecular formula is C16H25NO3S. The maximum atomic E-state index is 12.1. The first-order valence-corrected chi connectivity index (χ1v) is 8.80. The van der Waals surface area contributed by atoms with Gasteiger partial charge in [0.25, 0.3) is 0 Å². The molecule has 0 aliphatic heterocycles. The second-order valence-electron chi connectivity index (χ2n) is 5.29. The Morgan fingerprint density at radius 2 is 2.19 bits per heavy atom. The summed E-state index contributed by atoms with van der Waals surface area (Å²) in [6.45, 7) is 7.13. The van der Waals surface area contributed by atoms with E-state index in [0.717, 1.165) is 42.8 Å². The SMILES string of the molecule is CCCC(OCC)c1nc2c(s1)CCCC2C(=O)OCC. The van der Waals surface area contributed by atoms with Crippen LogP contribution in [0.5, 0.6) is 0 Å². The minimum absolute atomic E-state index is 0.0680. The van der Waals surface area contributed by atoms with Gasteiger partial charge in [-0.3, -0.25) is 4.79 Å². The van der Waals surface area contributed by atoms with E-state index in [0.29, 0.717) is 13.2 Å². The Balaban J connectivity index is 2.23. The number of nitrogens with zero attached hydrogens (tertiary/aromatic N) is 1. The summed E-state index contributed by atoms with van der Waals surface area (Å²) >= 11 is 1.72. The van der Waals surface area contributed by atoms with Crippen molar-refractivity contribution in [2.45, 2.75) is 64.9 Å². The molecule has 118 valence electrons. The van der Waals surface area contributed by atoms with Crippen molar-refractivity contribution in [3.05, 3.63) is 15.6 Å². The van der Waals surface area contributed by atoms with Crippen molar-refractivity contribution in [3.8, 4) is 0 Å². The molecule has 1 aromatic heterocycles. The van der Waals surface area contributed by atoms with Crippen molar-refractivity contribution in [2.75, 3.05) is 13.2 Å². The Bertz CT molecular complexity index is 466. The maximum Gasteiger partial charge on any atom is 0.315 e. The van der Waals surface area contributed by atoms with Gasteiger partial charge in [0.15, 0.2) is 0 Å². The van der Waals surface area contributed by atoms with Crippen LogP contribution in [0, 0.1) is 0 Å². The van der Waals surface area contributed by atoms with Gasteiger partial charge in [-0.05, 0) is 39.5 Å². The fourth-order valence-electron chi connectivity index (χ4n) is 2.79. The van der Waals surface area contributed by atoms with Crippen molar-refractivity contribution in [1.29, 1.82) is 0 Å². The molecule has 2 atom stereocenters. The summed E-state index contributed by atoms with van der Waals surface area (Å²) in [4.78, 5) is 18.1. The summed E-state index contributed by atoms with van der Waals surface area (Å²) in [5.41, 5.74) is 0.945. The summed E-state index contributed by atoms with van der Waals surface area (Å²) in [6, 6.07) is 0. The Morgan fingerprint density at radius 1 is 1.38 bits per heavy atom. The molecule has 1 aliphatic rings. The van der Waals surface area contributed by atoms with Gasteiger partial charge >= 0.3 is 5.97 Å². The fraction of sp³-hybridized carbons (Fsp3) is 0.750. The molecule has 1 aliphatic carbocycles. The first-order valence-electron chi connectivity index (χ1n) is 7.98. The highest BCUT2D eigenvalue weighted by Gasteiger charge is 2.32. The van der Waals surface area contributed by atoms with Crippen molar-refractivity contribution in [1.82, 2.24) is 4.98 Å². The fourth-order valence-corrected chi connectivity index (χ4v) is 4.04. The average Bonchev–Trinajstić information content (AvgIpc) is 2.91. The topological polar surface area (TPSA) is 48.4 Å². The first kappa shape index (κ1) is 16.4. The second-order valence-corrected chi connectivity index (χ2v) is 6.41. The van der Waals surface area contributed by atoms with E-state index in [1.54, 1.807) is 11.3 Å². The molecule has 2 unspecified atom stereocenters. The monoisotopic (exact) mass is 311 g/mol. The van der Waals surface area contributed by atoms with Gasteiger partial charge in [-0.2, -0.15) is 0 Å². The molecule has 0 N–H and O–H groups in total. The lowest BCUT2D eigenvalue weighted by Gasteiger charge is -2.19. The molecule has 0 saturated heterocycles. The minimum atomic E-state index is -0.178. The normalized spacial score (nSPS) is 19.1. The molecule has 0 amide bonds. The van der Waals surface area contributed by atoms with Crippen LogP contribution in [0.2, 0.25) is 0 Å². The highest BCUT2D eigenvalue weighted by Crippen LogP contribution is 2.38. The molecule has 5 heteroatoms. The van der Waals surface area contributed by atoms with Crippen LogP contribution in [0.15, 0.2) is 0 Å². The number of esters is 1. The number of fused-ring (bicyclic) bond motifs is 1. The van der Waals surface area contributed by atoms with Gasteiger partial charge in [0.1, 0.15) is 17.0 Å². The van der Waals surface area contributed by atoms with E-state index >= 15 is 0 Å². The zero-order chi connectivity index (χ0) is 15.2. The van der Waals surface area contributed by atoms with E-state index in [9.17, 15) is 4.79 Å². The van der Waals surface area contributed by atoms with E-state index in [4.69, 9.17) is 14.5 Å². The van der Waals surface area contributed by atoms with Gasteiger partial charge in [-0.1, -0.05) is 13.3 Å². The molecule has 21 heavy (non-hydrogen) atoms. The summed E-state index contributed by atoms with van der Waals surface area (Å²) in [5.74, 6) is -0.304. The first-order chi connectivity index (χ1) is 10.2. The van der Waals surface area contributed by atoms with Crippen LogP contribution in [0.25, 0.3) is 0 Å². The quantitative estimate of drug-likeness (QED) is 0.714. The van der Waals surface area contributed by atoms with Crippen molar-refractivity contribution >= 4 is 17.3 Å². The van der Waals surface area contributed by atoms with Crippen molar-refractivity contribution in [2.24, 2.45) is 0 Å². The number of carbonyl (C=O) groups excluding carboxylic acids is 1. The van der Waals surface area contributed by atoms with E-state index in [-0.39, 0.29) is 18.0 Å². The highest BCUT2D eigenvalue weighted by atomic mass is 32.1. The molecule has 1 aromatic rings. The van der Waals surface area contributed by atoms with Gasteiger partial charge in [0.05, 0.1) is 12.3 Å². The summed E-state index contributed by atoms with van der Waals surface area (Å²) in [7, 11) is 0. The van der Waals surface area contributed by atoms with Gasteiger partial charge in [-0.15, -0.1) is 11.3 Å². The van der Waals surface area contributed by atoms with E-state index in [2.05, 4.69) is 6.92 Å². The third kappa shape index (κ3) is 3.83. The Kier molecular flexibility index (Phi) is 6.18. The number of rotatable bonds is 7.